The number of para-hydroxylation sites is 1. The fourth-order valence-corrected chi connectivity index (χ4v) is 3.02. The summed E-state index contributed by atoms with van der Waals surface area (Å²) in [6.45, 7) is 2.55. The normalized spacial score (nSPS) is 20.7. The molecule has 3 rings (SSSR count). The Hall–Kier alpha value is -2.34. The second kappa shape index (κ2) is 6.42. The average Bonchev–Trinajstić information content (AvgIpc) is 3.15. The van der Waals surface area contributed by atoms with E-state index in [0.717, 1.165) is 11.1 Å². The fourth-order valence-electron chi connectivity index (χ4n) is 3.02. The number of ether oxygens (including phenoxy) is 1. The molecular weight excluding hydrogens is 296 g/mol. The third kappa shape index (κ3) is 3.22. The number of hydrogen-bond acceptors (Lipinski definition) is 3. The van der Waals surface area contributed by atoms with Gasteiger partial charge in [-0.1, -0.05) is 18.2 Å². The Kier molecular flexibility index (Phi) is 4.34. The molecule has 6 nitrogen and oxygen atoms in total. The van der Waals surface area contributed by atoms with Crippen LogP contribution in [0.4, 0.5) is 0 Å². The SMILES string of the molecule is Cc1cccc2c(CCNC(=O)[C@@H]3CC[C@H](C(=O)O)O3)c[nH]c12. The number of carbonyl (C=O) groups excluding carboxylic acids is 1. The molecule has 0 radical (unpaired) electrons. The van der Waals surface area contributed by atoms with Crippen LogP contribution in [0.1, 0.15) is 24.0 Å². The number of hydrogen-bond donors (Lipinski definition) is 3. The zero-order valence-electron chi connectivity index (χ0n) is 13.0. The number of rotatable bonds is 5. The summed E-state index contributed by atoms with van der Waals surface area (Å²) in [4.78, 5) is 26.1. The first kappa shape index (κ1) is 15.6. The van der Waals surface area contributed by atoms with Crippen molar-refractivity contribution < 1.29 is 19.4 Å². The third-order valence-electron chi connectivity index (χ3n) is 4.29. The summed E-state index contributed by atoms with van der Waals surface area (Å²) in [5.41, 5.74) is 3.47. The molecule has 2 aromatic rings. The summed E-state index contributed by atoms with van der Waals surface area (Å²) in [6.07, 6.45) is 2.01. The van der Waals surface area contributed by atoms with Crippen molar-refractivity contribution in [3.63, 3.8) is 0 Å². The second-order valence-electron chi connectivity index (χ2n) is 5.88. The lowest BCUT2D eigenvalue weighted by molar-refractivity contribution is -0.151. The number of H-pyrrole nitrogens is 1. The Morgan fingerprint density at radius 3 is 2.87 bits per heavy atom. The number of carboxylic acid groups (broad SMARTS) is 1. The van der Waals surface area contributed by atoms with Gasteiger partial charge in [-0.2, -0.15) is 0 Å². The largest absolute Gasteiger partial charge is 0.479 e. The van der Waals surface area contributed by atoms with E-state index in [9.17, 15) is 9.59 Å². The van der Waals surface area contributed by atoms with E-state index in [2.05, 4.69) is 29.4 Å². The predicted molar refractivity (Wildman–Crippen MR) is 85.3 cm³/mol. The molecule has 122 valence electrons. The van der Waals surface area contributed by atoms with E-state index in [0.29, 0.717) is 25.8 Å². The van der Waals surface area contributed by atoms with E-state index in [1.165, 1.54) is 10.9 Å². The summed E-state index contributed by atoms with van der Waals surface area (Å²) in [6, 6.07) is 6.14. The van der Waals surface area contributed by atoms with Gasteiger partial charge in [0.2, 0.25) is 5.91 Å². The number of aryl methyl sites for hydroxylation is 1. The lowest BCUT2D eigenvalue weighted by atomic mass is 10.1. The number of carboxylic acids is 1. The van der Waals surface area contributed by atoms with Gasteiger partial charge >= 0.3 is 5.97 Å². The van der Waals surface area contributed by atoms with Gasteiger partial charge in [0.15, 0.2) is 6.10 Å². The highest BCUT2D eigenvalue weighted by atomic mass is 16.5. The van der Waals surface area contributed by atoms with Crippen molar-refractivity contribution in [2.75, 3.05) is 6.54 Å². The number of benzene rings is 1. The van der Waals surface area contributed by atoms with Crippen molar-refractivity contribution >= 4 is 22.8 Å². The van der Waals surface area contributed by atoms with Crippen LogP contribution in [-0.2, 0) is 20.7 Å². The molecule has 0 unspecified atom stereocenters. The zero-order chi connectivity index (χ0) is 16.4. The highest BCUT2D eigenvalue weighted by Crippen LogP contribution is 2.22. The zero-order valence-corrected chi connectivity index (χ0v) is 13.0. The number of amides is 1. The van der Waals surface area contributed by atoms with Gasteiger partial charge in [-0.25, -0.2) is 4.79 Å². The van der Waals surface area contributed by atoms with Crippen LogP contribution < -0.4 is 5.32 Å². The van der Waals surface area contributed by atoms with Gasteiger partial charge in [0.05, 0.1) is 0 Å². The predicted octanol–water partition coefficient (Wildman–Crippen LogP) is 1.77. The average molecular weight is 316 g/mol. The molecule has 0 saturated carbocycles. The van der Waals surface area contributed by atoms with E-state index < -0.39 is 18.2 Å². The van der Waals surface area contributed by atoms with Crippen molar-refractivity contribution in [1.82, 2.24) is 10.3 Å². The first-order valence-electron chi connectivity index (χ1n) is 7.78. The first-order chi connectivity index (χ1) is 11.1. The van der Waals surface area contributed by atoms with E-state index in [-0.39, 0.29) is 5.91 Å². The van der Waals surface area contributed by atoms with E-state index in [1.807, 2.05) is 12.3 Å². The van der Waals surface area contributed by atoms with Crippen LogP contribution in [-0.4, -0.2) is 40.7 Å². The molecule has 0 bridgehead atoms. The maximum absolute atomic E-state index is 12.0. The monoisotopic (exact) mass is 316 g/mol. The number of aromatic amines is 1. The summed E-state index contributed by atoms with van der Waals surface area (Å²) in [7, 11) is 0. The molecule has 0 aliphatic carbocycles. The van der Waals surface area contributed by atoms with Crippen molar-refractivity contribution in [3.05, 3.63) is 35.5 Å². The molecule has 1 aromatic heterocycles. The minimum Gasteiger partial charge on any atom is -0.479 e. The lowest BCUT2D eigenvalue weighted by Crippen LogP contribution is -2.36. The van der Waals surface area contributed by atoms with Gasteiger partial charge in [0, 0.05) is 23.6 Å². The topological polar surface area (TPSA) is 91.4 Å². The molecule has 2 heterocycles. The van der Waals surface area contributed by atoms with Crippen LogP contribution in [0.15, 0.2) is 24.4 Å². The van der Waals surface area contributed by atoms with E-state index in [1.54, 1.807) is 0 Å². The van der Waals surface area contributed by atoms with Crippen LogP contribution >= 0.6 is 0 Å². The second-order valence-corrected chi connectivity index (χ2v) is 5.88. The maximum atomic E-state index is 12.0. The Morgan fingerprint density at radius 1 is 1.35 bits per heavy atom. The van der Waals surface area contributed by atoms with E-state index >= 15 is 0 Å². The molecule has 1 amide bonds. The van der Waals surface area contributed by atoms with Crippen LogP contribution in [0.25, 0.3) is 10.9 Å². The Morgan fingerprint density at radius 2 is 2.13 bits per heavy atom. The summed E-state index contributed by atoms with van der Waals surface area (Å²) in [5.74, 6) is -1.24. The summed E-state index contributed by atoms with van der Waals surface area (Å²) < 4.78 is 5.24. The molecule has 1 aliphatic heterocycles. The molecule has 23 heavy (non-hydrogen) atoms. The smallest absolute Gasteiger partial charge is 0.332 e. The number of aliphatic carboxylic acids is 1. The number of nitrogens with one attached hydrogen (secondary N) is 2. The Bertz CT molecular complexity index is 737. The molecule has 1 aromatic carbocycles. The van der Waals surface area contributed by atoms with Crippen LogP contribution in [0.5, 0.6) is 0 Å². The lowest BCUT2D eigenvalue weighted by Gasteiger charge is -2.11. The van der Waals surface area contributed by atoms with Crippen molar-refractivity contribution in [2.45, 2.75) is 38.4 Å². The van der Waals surface area contributed by atoms with Gasteiger partial charge in [-0.15, -0.1) is 0 Å². The number of fused-ring (bicyclic) bond motifs is 1. The summed E-state index contributed by atoms with van der Waals surface area (Å²) in [5, 5.41) is 12.9. The van der Waals surface area contributed by atoms with Gasteiger partial charge in [0.1, 0.15) is 6.10 Å². The molecular formula is C17H20N2O4. The minimum absolute atomic E-state index is 0.232. The summed E-state index contributed by atoms with van der Waals surface area (Å²) >= 11 is 0. The van der Waals surface area contributed by atoms with Gasteiger partial charge in [-0.3, -0.25) is 4.79 Å². The quantitative estimate of drug-likeness (QED) is 0.784. The molecule has 1 fully saturated rings. The minimum atomic E-state index is -1.01. The van der Waals surface area contributed by atoms with Gasteiger partial charge < -0.3 is 20.1 Å². The van der Waals surface area contributed by atoms with Gasteiger partial charge in [-0.05, 0) is 37.3 Å². The highest BCUT2D eigenvalue weighted by Gasteiger charge is 2.34. The van der Waals surface area contributed by atoms with Crippen LogP contribution in [0, 0.1) is 6.92 Å². The van der Waals surface area contributed by atoms with Crippen LogP contribution in [0.3, 0.4) is 0 Å². The number of carbonyl (C=O) groups is 2. The molecule has 2 atom stereocenters. The van der Waals surface area contributed by atoms with Crippen molar-refractivity contribution in [1.29, 1.82) is 0 Å². The fraction of sp³-hybridized carbons (Fsp3) is 0.412. The molecule has 3 N–H and O–H groups in total. The van der Waals surface area contributed by atoms with E-state index in [4.69, 9.17) is 9.84 Å². The van der Waals surface area contributed by atoms with Crippen molar-refractivity contribution in [2.24, 2.45) is 0 Å². The van der Waals surface area contributed by atoms with Crippen LogP contribution in [0.2, 0.25) is 0 Å². The molecule has 1 aliphatic rings. The maximum Gasteiger partial charge on any atom is 0.332 e. The molecule has 0 spiro atoms. The first-order valence-corrected chi connectivity index (χ1v) is 7.78. The molecule has 6 heteroatoms. The van der Waals surface area contributed by atoms with Gasteiger partial charge in [0.25, 0.3) is 0 Å². The highest BCUT2D eigenvalue weighted by molar-refractivity contribution is 5.86. The number of aromatic nitrogens is 1. The Balaban J connectivity index is 1.54. The standard InChI is InChI=1S/C17H20N2O4/c1-10-3-2-4-12-11(9-19-15(10)12)7-8-18-16(20)13-5-6-14(23-13)17(21)22/h2-4,9,13-14,19H,5-8H2,1H3,(H,18,20)(H,21,22)/t13-,14+/m0/s1. The third-order valence-corrected chi connectivity index (χ3v) is 4.29. The molecule has 1 saturated heterocycles. The Labute approximate surface area is 133 Å². The van der Waals surface area contributed by atoms with Crippen molar-refractivity contribution in [3.8, 4) is 0 Å².